The van der Waals surface area contributed by atoms with E-state index in [2.05, 4.69) is 10.5 Å². The largest absolute Gasteiger partial charge is 0.383 e. The van der Waals surface area contributed by atoms with Crippen molar-refractivity contribution in [2.75, 3.05) is 32.1 Å². The van der Waals surface area contributed by atoms with E-state index in [0.29, 0.717) is 30.3 Å². The van der Waals surface area contributed by atoms with Crippen LogP contribution < -0.4 is 5.32 Å². The molecule has 1 N–H and O–H groups in total. The summed E-state index contributed by atoms with van der Waals surface area (Å²) in [5.41, 5.74) is 0.523. The van der Waals surface area contributed by atoms with Gasteiger partial charge in [-0.1, -0.05) is 35.5 Å². The predicted octanol–water partition coefficient (Wildman–Crippen LogP) is 2.86. The van der Waals surface area contributed by atoms with E-state index in [4.69, 9.17) is 9.26 Å². The Bertz CT molecular complexity index is 951. The molecule has 0 radical (unpaired) electrons. The summed E-state index contributed by atoms with van der Waals surface area (Å²) in [6, 6.07) is 14.9. The minimum Gasteiger partial charge on any atom is -0.383 e. The molecule has 7 heteroatoms. The first-order chi connectivity index (χ1) is 13.1. The van der Waals surface area contributed by atoms with Crippen LogP contribution in [0.15, 0.2) is 53.1 Å². The van der Waals surface area contributed by atoms with E-state index in [0.717, 1.165) is 10.8 Å². The van der Waals surface area contributed by atoms with Gasteiger partial charge in [0.1, 0.15) is 12.3 Å². The lowest BCUT2D eigenvalue weighted by atomic mass is 10.1. The van der Waals surface area contributed by atoms with Gasteiger partial charge in [-0.3, -0.25) is 9.59 Å². The number of amides is 2. The molecule has 0 bridgehead atoms. The van der Waals surface area contributed by atoms with E-state index in [9.17, 15) is 9.59 Å². The second-order valence-corrected chi connectivity index (χ2v) is 6.15. The summed E-state index contributed by atoms with van der Waals surface area (Å²) < 4.78 is 10.0. The molecular weight excluding hydrogens is 346 g/mol. The first kappa shape index (κ1) is 18.6. The number of carbonyl (C=O) groups is 2. The van der Waals surface area contributed by atoms with Gasteiger partial charge in [0.15, 0.2) is 5.82 Å². The molecule has 27 heavy (non-hydrogen) atoms. The Morgan fingerprint density at radius 1 is 1.15 bits per heavy atom. The van der Waals surface area contributed by atoms with Crippen LogP contribution in [0.3, 0.4) is 0 Å². The predicted molar refractivity (Wildman–Crippen MR) is 102 cm³/mol. The number of nitrogens with zero attached hydrogens (tertiary/aromatic N) is 2. The number of anilines is 1. The van der Waals surface area contributed by atoms with Gasteiger partial charge in [-0.25, -0.2) is 0 Å². The van der Waals surface area contributed by atoms with Gasteiger partial charge < -0.3 is 19.5 Å². The van der Waals surface area contributed by atoms with Gasteiger partial charge in [0.05, 0.1) is 6.61 Å². The Morgan fingerprint density at radius 3 is 2.63 bits per heavy atom. The zero-order valence-electron chi connectivity index (χ0n) is 15.3. The number of rotatable bonds is 7. The van der Waals surface area contributed by atoms with Gasteiger partial charge in [-0.05, 0) is 29.8 Å². The molecule has 0 saturated heterocycles. The average Bonchev–Trinajstić information content (AvgIpc) is 3.08. The molecule has 7 nitrogen and oxygen atoms in total. The van der Waals surface area contributed by atoms with Gasteiger partial charge in [-0.2, -0.15) is 0 Å². The van der Waals surface area contributed by atoms with Crippen LogP contribution in [-0.4, -0.2) is 48.7 Å². The number of hydrogen-bond acceptors (Lipinski definition) is 5. The third-order valence-corrected chi connectivity index (χ3v) is 4.08. The Hall–Kier alpha value is -3.19. The van der Waals surface area contributed by atoms with Crippen molar-refractivity contribution in [2.24, 2.45) is 0 Å². The van der Waals surface area contributed by atoms with Crippen molar-refractivity contribution in [1.82, 2.24) is 10.1 Å². The average molecular weight is 367 g/mol. The summed E-state index contributed by atoms with van der Waals surface area (Å²) in [5.74, 6) is 0.328. The number of aromatic nitrogens is 1. The second-order valence-electron chi connectivity index (χ2n) is 6.15. The summed E-state index contributed by atoms with van der Waals surface area (Å²) >= 11 is 0. The van der Waals surface area contributed by atoms with Crippen molar-refractivity contribution in [3.05, 3.63) is 59.9 Å². The van der Waals surface area contributed by atoms with Crippen LogP contribution in [0.4, 0.5) is 5.82 Å². The zero-order chi connectivity index (χ0) is 19.2. The quantitative estimate of drug-likeness (QED) is 0.694. The lowest BCUT2D eigenvalue weighted by molar-refractivity contribution is -0.117. The molecule has 2 amide bonds. The smallest absolute Gasteiger partial charge is 0.254 e. The number of carbonyl (C=O) groups excluding carboxylic acids is 2. The highest BCUT2D eigenvalue weighted by Gasteiger charge is 2.19. The summed E-state index contributed by atoms with van der Waals surface area (Å²) in [6.07, 6.45) is 0. The molecule has 3 aromatic rings. The van der Waals surface area contributed by atoms with Crippen molar-refractivity contribution in [3.63, 3.8) is 0 Å². The van der Waals surface area contributed by atoms with Crippen molar-refractivity contribution >= 4 is 28.4 Å². The lowest BCUT2D eigenvalue weighted by Crippen LogP contribution is -2.40. The van der Waals surface area contributed by atoms with Gasteiger partial charge in [-0.15, -0.1) is 0 Å². The molecule has 3 rings (SSSR count). The van der Waals surface area contributed by atoms with Gasteiger partial charge in [0.2, 0.25) is 5.91 Å². The minimum absolute atomic E-state index is 0.110. The number of benzene rings is 2. The molecule has 0 fully saturated rings. The van der Waals surface area contributed by atoms with Crippen LogP contribution in [-0.2, 0) is 9.53 Å². The number of methoxy groups -OCH3 is 1. The molecule has 0 aliphatic carbocycles. The summed E-state index contributed by atoms with van der Waals surface area (Å²) in [6.45, 7) is 2.25. The van der Waals surface area contributed by atoms with Crippen molar-refractivity contribution in [3.8, 4) is 0 Å². The second kappa shape index (κ2) is 8.46. The molecule has 0 spiro atoms. The van der Waals surface area contributed by atoms with E-state index >= 15 is 0 Å². The highest BCUT2D eigenvalue weighted by Crippen LogP contribution is 2.17. The lowest BCUT2D eigenvalue weighted by Gasteiger charge is -2.22. The van der Waals surface area contributed by atoms with Gasteiger partial charge >= 0.3 is 0 Å². The molecule has 0 saturated carbocycles. The summed E-state index contributed by atoms with van der Waals surface area (Å²) in [5, 5.41) is 8.38. The summed E-state index contributed by atoms with van der Waals surface area (Å²) in [4.78, 5) is 26.7. The molecule has 0 atom stereocenters. The van der Waals surface area contributed by atoms with Gasteiger partial charge in [0, 0.05) is 25.3 Å². The third-order valence-electron chi connectivity index (χ3n) is 4.08. The standard InChI is InChI=1S/C20H21N3O4/c1-14-11-18(22-27-14)21-19(24)13-23(9-10-26-2)20(25)17-8-7-15-5-3-4-6-16(15)12-17/h3-8,11-12H,9-10,13H2,1-2H3,(H,21,22,24). The van der Waals surface area contributed by atoms with Crippen LogP contribution in [0.1, 0.15) is 16.1 Å². The third kappa shape index (κ3) is 4.71. The van der Waals surface area contributed by atoms with E-state index in [1.807, 2.05) is 36.4 Å². The Balaban J connectivity index is 1.75. The highest BCUT2D eigenvalue weighted by molar-refractivity contribution is 6.01. The molecule has 2 aromatic carbocycles. The molecule has 1 aromatic heterocycles. The molecule has 0 aliphatic rings. The maximum absolute atomic E-state index is 12.9. The van der Waals surface area contributed by atoms with E-state index in [1.165, 1.54) is 4.90 Å². The molecular formula is C20H21N3O4. The number of hydrogen-bond donors (Lipinski definition) is 1. The Kier molecular flexibility index (Phi) is 5.83. The fourth-order valence-electron chi connectivity index (χ4n) is 2.74. The van der Waals surface area contributed by atoms with E-state index in [1.54, 1.807) is 26.2 Å². The molecule has 0 aliphatic heterocycles. The van der Waals surface area contributed by atoms with Gasteiger partial charge in [0.25, 0.3) is 5.91 Å². The highest BCUT2D eigenvalue weighted by atomic mass is 16.5. The van der Waals surface area contributed by atoms with Crippen molar-refractivity contribution < 1.29 is 18.8 Å². The number of aryl methyl sites for hydroxylation is 1. The number of fused-ring (bicyclic) bond motifs is 1. The fourth-order valence-corrected chi connectivity index (χ4v) is 2.74. The van der Waals surface area contributed by atoms with E-state index in [-0.39, 0.29) is 18.4 Å². The first-order valence-corrected chi connectivity index (χ1v) is 8.57. The maximum atomic E-state index is 12.9. The maximum Gasteiger partial charge on any atom is 0.254 e. The van der Waals surface area contributed by atoms with Crippen LogP contribution in [0.5, 0.6) is 0 Å². The normalized spacial score (nSPS) is 10.7. The SMILES string of the molecule is COCCN(CC(=O)Nc1cc(C)on1)C(=O)c1ccc2ccccc2c1. The zero-order valence-corrected chi connectivity index (χ0v) is 15.3. The molecule has 140 valence electrons. The van der Waals surface area contributed by atoms with Crippen LogP contribution >= 0.6 is 0 Å². The molecule has 0 unspecified atom stereocenters. The fraction of sp³-hybridized carbons (Fsp3) is 0.250. The topological polar surface area (TPSA) is 84.7 Å². The molecule has 1 heterocycles. The number of nitrogens with one attached hydrogen (secondary N) is 1. The van der Waals surface area contributed by atoms with Crippen LogP contribution in [0.2, 0.25) is 0 Å². The summed E-state index contributed by atoms with van der Waals surface area (Å²) in [7, 11) is 1.55. The minimum atomic E-state index is -0.353. The first-order valence-electron chi connectivity index (χ1n) is 8.57. The monoisotopic (exact) mass is 367 g/mol. The van der Waals surface area contributed by atoms with Crippen LogP contribution in [0, 0.1) is 6.92 Å². The number of ether oxygens (including phenoxy) is 1. The van der Waals surface area contributed by atoms with E-state index < -0.39 is 0 Å². The Morgan fingerprint density at radius 2 is 1.93 bits per heavy atom. The van der Waals surface area contributed by atoms with Crippen molar-refractivity contribution in [1.29, 1.82) is 0 Å². The van der Waals surface area contributed by atoms with Crippen molar-refractivity contribution in [2.45, 2.75) is 6.92 Å². The Labute approximate surface area is 156 Å². The van der Waals surface area contributed by atoms with Crippen LogP contribution in [0.25, 0.3) is 10.8 Å².